The molecule has 0 rings (SSSR count). The summed E-state index contributed by atoms with van der Waals surface area (Å²) in [5.74, 6) is 0.0386. The monoisotopic (exact) mass is 193 g/mol. The Balaban J connectivity index is 4.50. The zero-order valence-corrected chi connectivity index (χ0v) is 9.26. The molecule has 2 heteroatoms. The summed E-state index contributed by atoms with van der Waals surface area (Å²) in [4.78, 5) is 11.3. The second kappa shape index (κ2) is 7.13. The molecule has 0 saturated heterocycles. The van der Waals surface area contributed by atoms with E-state index in [1.165, 1.54) is 0 Å². The first-order valence-corrected chi connectivity index (χ1v) is 4.90. The third-order valence-electron chi connectivity index (χ3n) is 1.75. The van der Waals surface area contributed by atoms with E-state index in [9.17, 15) is 4.79 Å². The van der Waals surface area contributed by atoms with E-state index in [1.54, 1.807) is 13.0 Å². The van der Waals surface area contributed by atoms with Crippen LogP contribution >= 0.6 is 0 Å². The van der Waals surface area contributed by atoms with Gasteiger partial charge >= 0.3 is 0 Å². The number of nitrogens with one attached hydrogen (secondary N) is 1. The molecule has 0 heterocycles. The molecule has 78 valence electrons. The van der Waals surface area contributed by atoms with E-state index in [2.05, 4.69) is 18.8 Å². The largest absolute Gasteiger partial charge is 0.385 e. The van der Waals surface area contributed by atoms with Gasteiger partial charge in [0, 0.05) is 17.8 Å². The molecular weight excluding hydrogens is 174 g/mol. The lowest BCUT2D eigenvalue weighted by Crippen LogP contribution is -2.17. The molecule has 0 bridgehead atoms. The van der Waals surface area contributed by atoms with Crippen molar-refractivity contribution in [2.45, 2.75) is 27.2 Å². The second-order valence-corrected chi connectivity index (χ2v) is 3.07. The van der Waals surface area contributed by atoms with Crippen LogP contribution in [0.5, 0.6) is 0 Å². The summed E-state index contributed by atoms with van der Waals surface area (Å²) >= 11 is 0. The molecule has 0 spiro atoms. The zero-order chi connectivity index (χ0) is 11.0. The molecule has 0 amide bonds. The minimum absolute atomic E-state index is 0.0386. The molecule has 0 aromatic rings. The Morgan fingerprint density at radius 3 is 2.57 bits per heavy atom. The van der Waals surface area contributed by atoms with Gasteiger partial charge in [-0.3, -0.25) is 4.79 Å². The van der Waals surface area contributed by atoms with Crippen molar-refractivity contribution in [1.82, 2.24) is 5.32 Å². The quantitative estimate of drug-likeness (QED) is 0.519. The molecule has 0 unspecified atom stereocenters. The van der Waals surface area contributed by atoms with Crippen LogP contribution in [-0.2, 0) is 4.79 Å². The van der Waals surface area contributed by atoms with E-state index in [4.69, 9.17) is 0 Å². The molecule has 1 N–H and O–H groups in total. The van der Waals surface area contributed by atoms with E-state index in [0.717, 1.165) is 13.0 Å². The van der Waals surface area contributed by atoms with Crippen molar-refractivity contribution in [2.75, 3.05) is 6.54 Å². The highest BCUT2D eigenvalue weighted by atomic mass is 16.1. The van der Waals surface area contributed by atoms with Crippen LogP contribution in [0.1, 0.15) is 27.2 Å². The Morgan fingerprint density at radius 1 is 1.50 bits per heavy atom. The zero-order valence-electron chi connectivity index (χ0n) is 9.26. The van der Waals surface area contributed by atoms with Gasteiger partial charge in [0.25, 0.3) is 0 Å². The first-order chi connectivity index (χ1) is 6.63. The lowest BCUT2D eigenvalue weighted by atomic mass is 10.1. The van der Waals surface area contributed by atoms with E-state index >= 15 is 0 Å². The van der Waals surface area contributed by atoms with Crippen molar-refractivity contribution in [3.63, 3.8) is 0 Å². The molecule has 0 aromatic carbocycles. The summed E-state index contributed by atoms with van der Waals surface area (Å²) < 4.78 is 0. The highest BCUT2D eigenvalue weighted by molar-refractivity contribution is 5.97. The standard InChI is InChI=1S/C12H19NO/c1-5-7-8-12(11(4)14)10(3)13-9-6-2/h5,7-8,13H,3,6,9H2,1-2,4H3/b7-5-,12-8-. The second-order valence-electron chi connectivity index (χ2n) is 3.07. The van der Waals surface area contributed by atoms with Crippen molar-refractivity contribution in [3.05, 3.63) is 36.1 Å². The SMILES string of the molecule is C=C(NCCC)/C(=C/C=C\C)C(C)=O. The Hall–Kier alpha value is -1.31. The van der Waals surface area contributed by atoms with Gasteiger partial charge in [-0.2, -0.15) is 0 Å². The summed E-state index contributed by atoms with van der Waals surface area (Å²) in [6.45, 7) is 10.2. The maximum Gasteiger partial charge on any atom is 0.161 e. The smallest absolute Gasteiger partial charge is 0.161 e. The number of hydrogen-bond donors (Lipinski definition) is 1. The number of ketones is 1. The Bertz CT molecular complexity index is 261. The topological polar surface area (TPSA) is 29.1 Å². The number of hydrogen-bond acceptors (Lipinski definition) is 2. The number of allylic oxidation sites excluding steroid dienone is 4. The lowest BCUT2D eigenvalue weighted by molar-refractivity contribution is -0.113. The molecule has 0 aliphatic rings. The molecule has 2 nitrogen and oxygen atoms in total. The highest BCUT2D eigenvalue weighted by Gasteiger charge is 2.05. The molecule has 0 aromatic heterocycles. The molecule has 0 fully saturated rings. The average Bonchev–Trinajstić information content (AvgIpc) is 2.14. The summed E-state index contributed by atoms with van der Waals surface area (Å²) in [5, 5.41) is 3.11. The van der Waals surface area contributed by atoms with Crippen LogP contribution in [0, 0.1) is 0 Å². The summed E-state index contributed by atoms with van der Waals surface area (Å²) in [6.07, 6.45) is 6.53. The molecule has 0 atom stereocenters. The van der Waals surface area contributed by atoms with Crippen LogP contribution in [0.4, 0.5) is 0 Å². The van der Waals surface area contributed by atoms with Gasteiger partial charge in [0.15, 0.2) is 5.78 Å². The third-order valence-corrected chi connectivity index (χ3v) is 1.75. The van der Waals surface area contributed by atoms with E-state index in [-0.39, 0.29) is 5.78 Å². The van der Waals surface area contributed by atoms with Gasteiger partial charge < -0.3 is 5.32 Å². The first-order valence-electron chi connectivity index (χ1n) is 4.90. The fourth-order valence-electron chi connectivity index (χ4n) is 0.994. The van der Waals surface area contributed by atoms with Crippen LogP contribution in [0.2, 0.25) is 0 Å². The molecule has 0 aliphatic carbocycles. The predicted octanol–water partition coefficient (Wildman–Crippen LogP) is 2.59. The van der Waals surface area contributed by atoms with Gasteiger partial charge in [0.05, 0.1) is 0 Å². The van der Waals surface area contributed by atoms with E-state index in [1.807, 2.05) is 19.1 Å². The number of Topliss-reactive ketones (excluding diaryl/α,β-unsaturated/α-hetero) is 1. The maximum atomic E-state index is 11.3. The van der Waals surface area contributed by atoms with Gasteiger partial charge in [0.1, 0.15) is 0 Å². The highest BCUT2D eigenvalue weighted by Crippen LogP contribution is 2.06. The third kappa shape index (κ3) is 4.65. The van der Waals surface area contributed by atoms with Gasteiger partial charge in [-0.05, 0) is 26.3 Å². The normalized spacial score (nSPS) is 11.8. The summed E-state index contributed by atoms with van der Waals surface area (Å²) in [5.41, 5.74) is 1.36. The van der Waals surface area contributed by atoms with E-state index in [0.29, 0.717) is 11.3 Å². The number of carbonyl (C=O) groups excluding carboxylic acids is 1. The minimum atomic E-state index is 0.0386. The minimum Gasteiger partial charge on any atom is -0.385 e. The van der Waals surface area contributed by atoms with Crippen LogP contribution in [0.15, 0.2) is 36.1 Å². The van der Waals surface area contributed by atoms with Gasteiger partial charge in [0.2, 0.25) is 0 Å². The van der Waals surface area contributed by atoms with Crippen LogP contribution in [0.25, 0.3) is 0 Å². The fourth-order valence-corrected chi connectivity index (χ4v) is 0.994. The lowest BCUT2D eigenvalue weighted by Gasteiger charge is -2.09. The van der Waals surface area contributed by atoms with Crippen molar-refractivity contribution in [3.8, 4) is 0 Å². The first kappa shape index (κ1) is 12.7. The molecule has 14 heavy (non-hydrogen) atoms. The van der Waals surface area contributed by atoms with E-state index < -0.39 is 0 Å². The number of carbonyl (C=O) groups is 1. The molecule has 0 saturated carbocycles. The van der Waals surface area contributed by atoms with Crippen LogP contribution in [0.3, 0.4) is 0 Å². The maximum absolute atomic E-state index is 11.3. The van der Waals surface area contributed by atoms with Gasteiger partial charge in [-0.25, -0.2) is 0 Å². The predicted molar refractivity (Wildman–Crippen MR) is 61.0 cm³/mol. The average molecular weight is 193 g/mol. The van der Waals surface area contributed by atoms with Crippen molar-refractivity contribution in [1.29, 1.82) is 0 Å². The molecule has 0 aliphatic heterocycles. The Kier molecular flexibility index (Phi) is 6.46. The summed E-state index contributed by atoms with van der Waals surface area (Å²) in [7, 11) is 0. The summed E-state index contributed by atoms with van der Waals surface area (Å²) in [6, 6.07) is 0. The molecule has 0 radical (unpaired) electrons. The van der Waals surface area contributed by atoms with Crippen molar-refractivity contribution in [2.24, 2.45) is 0 Å². The Morgan fingerprint density at radius 2 is 2.14 bits per heavy atom. The van der Waals surface area contributed by atoms with Gasteiger partial charge in [-0.1, -0.05) is 25.7 Å². The number of rotatable bonds is 6. The van der Waals surface area contributed by atoms with Crippen LogP contribution < -0.4 is 5.32 Å². The van der Waals surface area contributed by atoms with Gasteiger partial charge in [-0.15, -0.1) is 0 Å². The Labute approximate surface area is 86.4 Å². The van der Waals surface area contributed by atoms with Crippen LogP contribution in [-0.4, -0.2) is 12.3 Å². The van der Waals surface area contributed by atoms with Crippen molar-refractivity contribution >= 4 is 5.78 Å². The fraction of sp³-hybridized carbons (Fsp3) is 0.417. The van der Waals surface area contributed by atoms with Crippen molar-refractivity contribution < 1.29 is 4.79 Å². The molecular formula is C12H19NO.